The quantitative estimate of drug-likeness (QED) is 0.814. The van der Waals surface area contributed by atoms with Gasteiger partial charge in [-0.3, -0.25) is 4.90 Å². The van der Waals surface area contributed by atoms with Crippen LogP contribution in [0.2, 0.25) is 5.02 Å². The smallest absolute Gasteiger partial charge is 0.0551 e. The largest absolute Gasteiger partial charge is 0.313 e. The molecule has 1 N–H and O–H groups in total. The Morgan fingerprint density at radius 2 is 2.25 bits per heavy atom. The van der Waals surface area contributed by atoms with Gasteiger partial charge in [0.25, 0.3) is 0 Å². The molecule has 2 rings (SSSR count). The molecular formula is C16H24BrClN2. The topological polar surface area (TPSA) is 15.3 Å². The van der Waals surface area contributed by atoms with Crippen LogP contribution in [0, 0.1) is 5.92 Å². The summed E-state index contributed by atoms with van der Waals surface area (Å²) in [5.41, 5.74) is 1.29. The van der Waals surface area contributed by atoms with Crippen molar-refractivity contribution in [1.82, 2.24) is 10.2 Å². The van der Waals surface area contributed by atoms with Crippen LogP contribution >= 0.6 is 27.5 Å². The lowest BCUT2D eigenvalue weighted by Crippen LogP contribution is -2.38. The Morgan fingerprint density at radius 1 is 1.45 bits per heavy atom. The highest BCUT2D eigenvalue weighted by molar-refractivity contribution is 9.10. The molecule has 2 nitrogen and oxygen atoms in total. The second-order valence-electron chi connectivity index (χ2n) is 6.13. The first-order valence-corrected chi connectivity index (χ1v) is 8.61. The molecule has 0 spiro atoms. The molecule has 0 amide bonds. The molecule has 0 bridgehead atoms. The van der Waals surface area contributed by atoms with E-state index in [9.17, 15) is 0 Å². The highest BCUT2D eigenvalue weighted by Gasteiger charge is 2.18. The molecule has 1 atom stereocenters. The minimum Gasteiger partial charge on any atom is -0.313 e. The molecular weight excluding hydrogens is 336 g/mol. The van der Waals surface area contributed by atoms with E-state index in [2.05, 4.69) is 52.1 Å². The summed E-state index contributed by atoms with van der Waals surface area (Å²) in [6.45, 7) is 8.97. The van der Waals surface area contributed by atoms with Crippen molar-refractivity contribution in [2.24, 2.45) is 5.92 Å². The monoisotopic (exact) mass is 358 g/mol. The van der Waals surface area contributed by atoms with Gasteiger partial charge in [-0.1, -0.05) is 31.5 Å². The molecule has 4 heteroatoms. The summed E-state index contributed by atoms with van der Waals surface area (Å²) in [5, 5.41) is 4.39. The molecule has 20 heavy (non-hydrogen) atoms. The highest BCUT2D eigenvalue weighted by atomic mass is 79.9. The van der Waals surface area contributed by atoms with Crippen molar-refractivity contribution in [1.29, 1.82) is 0 Å². The Balaban J connectivity index is 1.99. The summed E-state index contributed by atoms with van der Waals surface area (Å²) in [4.78, 5) is 2.55. The summed E-state index contributed by atoms with van der Waals surface area (Å²) in [5.74, 6) is 0.683. The zero-order valence-corrected chi connectivity index (χ0v) is 14.7. The maximum absolute atomic E-state index is 6.20. The first-order chi connectivity index (χ1) is 9.54. The first-order valence-electron chi connectivity index (χ1n) is 7.44. The van der Waals surface area contributed by atoms with E-state index < -0.39 is 0 Å². The molecule has 1 unspecified atom stereocenters. The van der Waals surface area contributed by atoms with E-state index in [-0.39, 0.29) is 0 Å². The lowest BCUT2D eigenvalue weighted by Gasteiger charge is -2.27. The van der Waals surface area contributed by atoms with Crippen LogP contribution in [-0.2, 0) is 6.54 Å². The second kappa shape index (κ2) is 7.79. The van der Waals surface area contributed by atoms with Crippen molar-refractivity contribution >= 4 is 27.5 Å². The number of hydrogen-bond donors (Lipinski definition) is 1. The Kier molecular flexibility index (Phi) is 6.34. The third-order valence-corrected chi connectivity index (χ3v) is 4.89. The molecule has 112 valence electrons. The average Bonchev–Trinajstić information content (AvgIpc) is 2.86. The Hall–Kier alpha value is -0.0900. The van der Waals surface area contributed by atoms with Gasteiger partial charge in [0.15, 0.2) is 0 Å². The molecule has 1 saturated heterocycles. The third kappa shape index (κ3) is 5.03. The van der Waals surface area contributed by atoms with Crippen molar-refractivity contribution in [2.75, 3.05) is 19.6 Å². The number of halogens is 2. The molecule has 1 heterocycles. The molecule has 1 fully saturated rings. The van der Waals surface area contributed by atoms with Gasteiger partial charge in [0.05, 0.1) is 5.02 Å². The lowest BCUT2D eigenvalue weighted by molar-refractivity contribution is 0.216. The van der Waals surface area contributed by atoms with Crippen LogP contribution < -0.4 is 5.32 Å². The molecule has 0 aliphatic carbocycles. The molecule has 0 radical (unpaired) electrons. The Bertz CT molecular complexity index is 430. The second-order valence-corrected chi connectivity index (χ2v) is 7.39. The van der Waals surface area contributed by atoms with Gasteiger partial charge in [0.2, 0.25) is 0 Å². The van der Waals surface area contributed by atoms with Gasteiger partial charge < -0.3 is 5.32 Å². The number of nitrogens with zero attached hydrogens (tertiary/aromatic N) is 1. The first kappa shape index (κ1) is 16.3. The lowest BCUT2D eigenvalue weighted by atomic mass is 10.1. The fourth-order valence-corrected chi connectivity index (χ4v) is 3.29. The number of hydrogen-bond acceptors (Lipinski definition) is 2. The van der Waals surface area contributed by atoms with E-state index in [1.807, 2.05) is 6.07 Å². The minimum atomic E-state index is 0.652. The normalized spacial score (nSPS) is 19.2. The molecule has 1 aliphatic heterocycles. The van der Waals surface area contributed by atoms with E-state index >= 15 is 0 Å². The van der Waals surface area contributed by atoms with Gasteiger partial charge in [-0.15, -0.1) is 0 Å². The van der Waals surface area contributed by atoms with Gasteiger partial charge in [-0.25, -0.2) is 0 Å². The Labute approximate surface area is 136 Å². The Morgan fingerprint density at radius 3 is 2.85 bits per heavy atom. The summed E-state index contributed by atoms with van der Waals surface area (Å²) in [6.07, 6.45) is 2.61. The third-order valence-electron chi connectivity index (χ3n) is 3.65. The van der Waals surface area contributed by atoms with E-state index in [1.165, 1.54) is 24.9 Å². The van der Waals surface area contributed by atoms with Crippen LogP contribution in [0.4, 0.5) is 0 Å². The van der Waals surface area contributed by atoms with Gasteiger partial charge in [-0.05, 0) is 58.9 Å². The van der Waals surface area contributed by atoms with Crippen LogP contribution in [0.25, 0.3) is 0 Å². The maximum Gasteiger partial charge on any atom is 0.0551 e. The summed E-state index contributed by atoms with van der Waals surface area (Å²) < 4.78 is 0.968. The predicted molar refractivity (Wildman–Crippen MR) is 90.3 cm³/mol. The van der Waals surface area contributed by atoms with Crippen LogP contribution in [0.15, 0.2) is 22.7 Å². The zero-order valence-electron chi connectivity index (χ0n) is 12.3. The van der Waals surface area contributed by atoms with Gasteiger partial charge >= 0.3 is 0 Å². The van der Waals surface area contributed by atoms with Gasteiger partial charge in [0, 0.05) is 30.1 Å². The average molecular weight is 360 g/mol. The van der Waals surface area contributed by atoms with Crippen molar-refractivity contribution in [3.8, 4) is 0 Å². The highest BCUT2D eigenvalue weighted by Crippen LogP contribution is 2.24. The van der Waals surface area contributed by atoms with Crippen LogP contribution in [0.3, 0.4) is 0 Å². The SMILES string of the molecule is CC(C)CN(Cc1ccc(Br)c(Cl)c1)CC1CCCN1. The molecule has 1 aromatic carbocycles. The van der Waals surface area contributed by atoms with Crippen LogP contribution in [-0.4, -0.2) is 30.6 Å². The molecule has 1 aliphatic rings. The van der Waals surface area contributed by atoms with E-state index in [0.717, 1.165) is 29.1 Å². The number of nitrogens with one attached hydrogen (secondary N) is 1. The summed E-state index contributed by atoms with van der Waals surface area (Å²) >= 11 is 9.65. The van der Waals surface area contributed by atoms with Crippen molar-refractivity contribution in [3.63, 3.8) is 0 Å². The zero-order chi connectivity index (χ0) is 14.5. The van der Waals surface area contributed by atoms with E-state index in [1.54, 1.807) is 0 Å². The fraction of sp³-hybridized carbons (Fsp3) is 0.625. The van der Waals surface area contributed by atoms with E-state index in [4.69, 9.17) is 11.6 Å². The molecule has 0 saturated carbocycles. The molecule has 1 aromatic rings. The van der Waals surface area contributed by atoms with Crippen molar-refractivity contribution < 1.29 is 0 Å². The maximum atomic E-state index is 6.20. The van der Waals surface area contributed by atoms with Crippen molar-refractivity contribution in [2.45, 2.75) is 39.3 Å². The van der Waals surface area contributed by atoms with E-state index in [0.29, 0.717) is 12.0 Å². The van der Waals surface area contributed by atoms with Crippen LogP contribution in [0.1, 0.15) is 32.3 Å². The standard InChI is InChI=1S/C16H24BrClN2/c1-12(2)9-20(11-14-4-3-7-19-14)10-13-5-6-15(17)16(18)8-13/h5-6,8,12,14,19H,3-4,7,9-11H2,1-2H3. The summed E-state index contributed by atoms with van der Waals surface area (Å²) in [6, 6.07) is 6.92. The number of rotatable bonds is 6. The van der Waals surface area contributed by atoms with Crippen molar-refractivity contribution in [3.05, 3.63) is 33.3 Å². The summed E-state index contributed by atoms with van der Waals surface area (Å²) in [7, 11) is 0. The predicted octanol–water partition coefficient (Wildman–Crippen LogP) is 4.31. The van der Waals surface area contributed by atoms with Gasteiger partial charge in [0.1, 0.15) is 0 Å². The fourth-order valence-electron chi connectivity index (χ4n) is 2.84. The molecule has 0 aromatic heterocycles. The van der Waals surface area contributed by atoms with Gasteiger partial charge in [-0.2, -0.15) is 0 Å². The van der Waals surface area contributed by atoms with Crippen LogP contribution in [0.5, 0.6) is 0 Å². The number of benzene rings is 1. The minimum absolute atomic E-state index is 0.652.